The summed E-state index contributed by atoms with van der Waals surface area (Å²) in [5, 5.41) is 8.87. The third-order valence-electron chi connectivity index (χ3n) is 4.93. The molecule has 1 aromatic carbocycles. The summed E-state index contributed by atoms with van der Waals surface area (Å²) in [4.78, 5) is 26.2. The molecule has 0 aliphatic carbocycles. The molecule has 0 radical (unpaired) electrons. The van der Waals surface area contributed by atoms with Crippen molar-refractivity contribution < 1.29 is 19.4 Å². The maximum Gasteiger partial charge on any atom is 0.310 e. The van der Waals surface area contributed by atoms with Crippen LogP contribution in [0.2, 0.25) is 0 Å². The Hall–Kier alpha value is -2.18. The smallest absolute Gasteiger partial charge is 0.310 e. The summed E-state index contributed by atoms with van der Waals surface area (Å²) in [5.74, 6) is -1.37. The molecule has 0 saturated carbocycles. The quantitative estimate of drug-likeness (QED) is 0.223. The van der Waals surface area contributed by atoms with E-state index in [-0.39, 0.29) is 24.4 Å². The Morgan fingerprint density at radius 2 is 1.75 bits per heavy atom. The minimum Gasteiger partial charge on any atom is -0.460 e. The third-order valence-corrected chi connectivity index (χ3v) is 4.93. The van der Waals surface area contributed by atoms with Gasteiger partial charge in [0.25, 0.3) is 0 Å². The fourth-order valence-electron chi connectivity index (χ4n) is 3.42. The first-order valence-corrected chi connectivity index (χ1v) is 11.7. The van der Waals surface area contributed by atoms with E-state index in [1.54, 1.807) is 0 Å². The summed E-state index contributed by atoms with van der Waals surface area (Å²) in [7, 11) is 0. The number of allylic oxidation sites excluding steroid dienone is 1. The molecule has 1 rings (SSSR count). The van der Waals surface area contributed by atoms with E-state index in [9.17, 15) is 9.59 Å². The molecule has 2 atom stereocenters. The van der Waals surface area contributed by atoms with Gasteiger partial charge < -0.3 is 9.84 Å². The second kappa shape index (κ2) is 14.8. The zero-order valence-corrected chi connectivity index (χ0v) is 20.4. The first-order valence-electron chi connectivity index (χ1n) is 11.7. The van der Waals surface area contributed by atoms with Crippen LogP contribution >= 0.6 is 0 Å². The van der Waals surface area contributed by atoms with Crippen molar-refractivity contribution in [1.29, 1.82) is 0 Å². The molecule has 0 bridgehead atoms. The molecule has 0 aliphatic rings. The zero-order chi connectivity index (χ0) is 24.0. The lowest BCUT2D eigenvalue weighted by atomic mass is 9.82. The Bertz CT molecular complexity index is 696. The molecule has 6 heteroatoms. The first-order chi connectivity index (χ1) is 15.1. The minimum atomic E-state index is -0.623. The Morgan fingerprint density at radius 3 is 2.34 bits per heavy atom. The SMILES string of the molecule is CC(C)C[C@@H](C(=O)NNCCCCCO)[C@H](C/C=C/c1ccccc1)C(=O)OC(C)(C)C. The van der Waals surface area contributed by atoms with Crippen LogP contribution in [0.25, 0.3) is 6.08 Å². The number of unbranched alkanes of at least 4 members (excludes halogenated alkanes) is 2. The molecule has 180 valence electrons. The van der Waals surface area contributed by atoms with E-state index in [4.69, 9.17) is 9.84 Å². The van der Waals surface area contributed by atoms with Crippen molar-refractivity contribution in [2.45, 2.75) is 72.3 Å². The lowest BCUT2D eigenvalue weighted by Crippen LogP contribution is -2.46. The molecule has 0 saturated heterocycles. The molecule has 6 nitrogen and oxygen atoms in total. The first kappa shape index (κ1) is 27.9. The van der Waals surface area contributed by atoms with Gasteiger partial charge >= 0.3 is 5.97 Å². The van der Waals surface area contributed by atoms with Gasteiger partial charge in [-0.15, -0.1) is 0 Å². The van der Waals surface area contributed by atoms with Crippen LogP contribution in [0, 0.1) is 17.8 Å². The van der Waals surface area contributed by atoms with Crippen molar-refractivity contribution in [3.63, 3.8) is 0 Å². The Kier molecular flexibility index (Phi) is 12.9. The minimum absolute atomic E-state index is 0.177. The number of amides is 1. The van der Waals surface area contributed by atoms with Crippen molar-refractivity contribution >= 4 is 18.0 Å². The van der Waals surface area contributed by atoms with Gasteiger partial charge in [-0.2, -0.15) is 0 Å². The monoisotopic (exact) mass is 446 g/mol. The van der Waals surface area contributed by atoms with Gasteiger partial charge in [-0.05, 0) is 64.4 Å². The summed E-state index contributed by atoms with van der Waals surface area (Å²) in [6, 6.07) is 9.88. The second-order valence-electron chi connectivity index (χ2n) is 9.63. The summed E-state index contributed by atoms with van der Waals surface area (Å²) in [6.45, 7) is 10.4. The highest BCUT2D eigenvalue weighted by molar-refractivity contribution is 5.85. The van der Waals surface area contributed by atoms with E-state index < -0.39 is 17.4 Å². The van der Waals surface area contributed by atoms with Gasteiger partial charge in [0.1, 0.15) is 5.60 Å². The lowest BCUT2D eigenvalue weighted by Gasteiger charge is -2.29. The Balaban J connectivity index is 2.94. The van der Waals surface area contributed by atoms with Gasteiger partial charge in [0, 0.05) is 13.2 Å². The van der Waals surface area contributed by atoms with Crippen molar-refractivity contribution in [2.24, 2.45) is 17.8 Å². The van der Waals surface area contributed by atoms with Crippen molar-refractivity contribution in [2.75, 3.05) is 13.2 Å². The second-order valence-corrected chi connectivity index (χ2v) is 9.63. The summed E-state index contributed by atoms with van der Waals surface area (Å²) in [5.41, 5.74) is 6.18. The fourth-order valence-corrected chi connectivity index (χ4v) is 3.42. The molecule has 0 fully saturated rings. The van der Waals surface area contributed by atoms with E-state index in [1.165, 1.54) is 0 Å². The molecule has 0 unspecified atom stereocenters. The number of benzene rings is 1. The van der Waals surface area contributed by atoms with E-state index >= 15 is 0 Å². The van der Waals surface area contributed by atoms with Crippen LogP contribution in [0.1, 0.15) is 72.3 Å². The van der Waals surface area contributed by atoms with E-state index in [2.05, 4.69) is 24.7 Å². The molecular weight excluding hydrogens is 404 g/mol. The number of carbonyl (C=O) groups excluding carboxylic acids is 2. The van der Waals surface area contributed by atoms with Crippen molar-refractivity contribution in [1.82, 2.24) is 10.9 Å². The van der Waals surface area contributed by atoms with Crippen LogP contribution in [-0.4, -0.2) is 35.7 Å². The van der Waals surface area contributed by atoms with Gasteiger partial charge in [-0.3, -0.25) is 15.0 Å². The predicted octanol–water partition coefficient (Wildman–Crippen LogP) is 4.49. The van der Waals surface area contributed by atoms with E-state index in [1.807, 2.05) is 63.3 Å². The number of ether oxygens (including phenoxy) is 1. The van der Waals surface area contributed by atoms with Crippen LogP contribution in [0.15, 0.2) is 36.4 Å². The van der Waals surface area contributed by atoms with Crippen LogP contribution in [-0.2, 0) is 14.3 Å². The maximum absolute atomic E-state index is 13.1. The molecule has 0 aromatic heterocycles. The number of aliphatic hydroxyl groups is 1. The zero-order valence-electron chi connectivity index (χ0n) is 20.4. The van der Waals surface area contributed by atoms with Gasteiger partial charge in [-0.25, -0.2) is 5.43 Å². The number of rotatable bonds is 14. The average Bonchev–Trinajstić information content (AvgIpc) is 2.71. The largest absolute Gasteiger partial charge is 0.460 e. The van der Waals surface area contributed by atoms with Gasteiger partial charge in [-0.1, -0.05) is 56.3 Å². The molecule has 1 amide bonds. The Labute approximate surface area is 193 Å². The maximum atomic E-state index is 13.1. The predicted molar refractivity (Wildman–Crippen MR) is 129 cm³/mol. The average molecular weight is 447 g/mol. The molecule has 1 aromatic rings. The van der Waals surface area contributed by atoms with Crippen molar-refractivity contribution in [3.05, 3.63) is 42.0 Å². The number of carbonyl (C=O) groups is 2. The van der Waals surface area contributed by atoms with Crippen LogP contribution in [0.5, 0.6) is 0 Å². The molecule has 0 spiro atoms. The van der Waals surface area contributed by atoms with Crippen molar-refractivity contribution in [3.8, 4) is 0 Å². The highest BCUT2D eigenvalue weighted by atomic mass is 16.6. The molecular formula is C26H42N2O4. The highest BCUT2D eigenvalue weighted by Gasteiger charge is 2.36. The molecule has 0 heterocycles. The lowest BCUT2D eigenvalue weighted by molar-refractivity contribution is -0.164. The van der Waals surface area contributed by atoms with E-state index in [0.29, 0.717) is 19.4 Å². The summed E-state index contributed by atoms with van der Waals surface area (Å²) in [6.07, 6.45) is 7.42. The number of aliphatic hydroxyl groups excluding tert-OH is 1. The van der Waals surface area contributed by atoms with E-state index in [0.717, 1.165) is 24.8 Å². The van der Waals surface area contributed by atoms with Crippen LogP contribution in [0.3, 0.4) is 0 Å². The van der Waals surface area contributed by atoms with Gasteiger partial charge in [0.05, 0.1) is 11.8 Å². The Morgan fingerprint density at radius 1 is 1.06 bits per heavy atom. The van der Waals surface area contributed by atoms with Crippen LogP contribution < -0.4 is 10.9 Å². The number of hydrogen-bond donors (Lipinski definition) is 3. The van der Waals surface area contributed by atoms with Crippen LogP contribution in [0.4, 0.5) is 0 Å². The summed E-state index contributed by atoms with van der Waals surface area (Å²) < 4.78 is 5.69. The number of nitrogens with one attached hydrogen (secondary N) is 2. The number of hydrazine groups is 1. The molecule has 32 heavy (non-hydrogen) atoms. The highest BCUT2D eigenvalue weighted by Crippen LogP contribution is 2.28. The fraction of sp³-hybridized carbons (Fsp3) is 0.615. The molecule has 3 N–H and O–H groups in total. The topological polar surface area (TPSA) is 87.7 Å². The molecule has 0 aliphatic heterocycles. The normalized spacial score (nSPS) is 13.8. The van der Waals surface area contributed by atoms with Gasteiger partial charge in [0.15, 0.2) is 0 Å². The number of esters is 1. The summed E-state index contributed by atoms with van der Waals surface area (Å²) >= 11 is 0. The third kappa shape index (κ3) is 12.0. The van der Waals surface area contributed by atoms with Gasteiger partial charge in [0.2, 0.25) is 5.91 Å². The standard InChI is InChI=1S/C26H42N2O4/c1-20(2)19-23(24(30)28-27-17-10-7-11-18-29)22(25(31)32-26(3,4)5)16-12-15-21-13-8-6-9-14-21/h6,8-9,12-15,20,22-23,27,29H,7,10-11,16-19H2,1-5H3,(H,28,30)/b15-12+/t22-,23+/m0/s1. The number of hydrogen-bond acceptors (Lipinski definition) is 5.